The quantitative estimate of drug-likeness (QED) is 0.680. The molecule has 3 aliphatic rings. The molecule has 27 heavy (non-hydrogen) atoms. The molecular formula is C21H22Cl2N2O2. The average Bonchev–Trinajstić information content (AvgIpc) is 2.94. The molecule has 2 amide bonds. The molecule has 4 rings (SSSR count). The second-order valence-electron chi connectivity index (χ2n) is 7.77. The number of fused-ring (bicyclic) bond motifs is 1. The summed E-state index contributed by atoms with van der Waals surface area (Å²) >= 11 is 12.7. The highest BCUT2D eigenvalue weighted by atomic mass is 35.5. The SMILES string of the molecule is CC1CC([C@@H]2CN(C)Cc3c(Cl)cc(Cl)cc32)=CC=C1N1C(=O)CCC1=O. The Kier molecular flexibility index (Phi) is 4.91. The number of benzene rings is 1. The lowest BCUT2D eigenvalue weighted by Gasteiger charge is -2.37. The Morgan fingerprint density at radius 2 is 1.78 bits per heavy atom. The van der Waals surface area contributed by atoms with Gasteiger partial charge >= 0.3 is 0 Å². The van der Waals surface area contributed by atoms with Crippen LogP contribution in [0.3, 0.4) is 0 Å². The zero-order valence-corrected chi connectivity index (χ0v) is 17.0. The van der Waals surface area contributed by atoms with Gasteiger partial charge in [0.15, 0.2) is 0 Å². The monoisotopic (exact) mass is 404 g/mol. The summed E-state index contributed by atoms with van der Waals surface area (Å²) in [5.74, 6) is 0.147. The van der Waals surface area contributed by atoms with E-state index < -0.39 is 0 Å². The van der Waals surface area contributed by atoms with Gasteiger partial charge in [-0.1, -0.05) is 41.8 Å². The van der Waals surface area contributed by atoms with Gasteiger partial charge in [0.25, 0.3) is 0 Å². The van der Waals surface area contributed by atoms with Crippen LogP contribution in [0.4, 0.5) is 0 Å². The molecule has 1 unspecified atom stereocenters. The van der Waals surface area contributed by atoms with Crippen molar-refractivity contribution in [3.05, 3.63) is 56.7 Å². The average molecular weight is 405 g/mol. The predicted octanol–water partition coefficient (Wildman–Crippen LogP) is 4.52. The Morgan fingerprint density at radius 1 is 1.07 bits per heavy atom. The Labute approximate surface area is 169 Å². The third kappa shape index (κ3) is 3.35. The summed E-state index contributed by atoms with van der Waals surface area (Å²) in [5, 5.41) is 1.37. The van der Waals surface area contributed by atoms with Crippen LogP contribution in [-0.4, -0.2) is 35.2 Å². The predicted molar refractivity (Wildman–Crippen MR) is 107 cm³/mol. The van der Waals surface area contributed by atoms with E-state index in [0.29, 0.717) is 22.9 Å². The summed E-state index contributed by atoms with van der Waals surface area (Å²) in [7, 11) is 2.09. The second-order valence-corrected chi connectivity index (χ2v) is 8.61. The first kappa shape index (κ1) is 18.7. The number of likely N-dealkylation sites (N-methyl/N-ethyl adjacent to an activating group) is 1. The largest absolute Gasteiger partial charge is 0.301 e. The summed E-state index contributed by atoms with van der Waals surface area (Å²) in [6.45, 7) is 3.78. The van der Waals surface area contributed by atoms with Crippen LogP contribution in [-0.2, 0) is 16.1 Å². The molecule has 1 aliphatic carbocycles. The maximum absolute atomic E-state index is 12.1. The number of hydrogen-bond donors (Lipinski definition) is 0. The van der Waals surface area contributed by atoms with E-state index in [9.17, 15) is 9.59 Å². The maximum Gasteiger partial charge on any atom is 0.234 e. The van der Waals surface area contributed by atoms with Crippen molar-refractivity contribution in [3.8, 4) is 0 Å². The molecule has 1 fully saturated rings. The van der Waals surface area contributed by atoms with Gasteiger partial charge in [0.05, 0.1) is 0 Å². The van der Waals surface area contributed by atoms with Crippen LogP contribution < -0.4 is 0 Å². The second kappa shape index (κ2) is 7.08. The van der Waals surface area contributed by atoms with Crippen molar-refractivity contribution >= 4 is 35.0 Å². The van der Waals surface area contributed by atoms with Crippen molar-refractivity contribution in [3.63, 3.8) is 0 Å². The van der Waals surface area contributed by atoms with Gasteiger partial charge in [-0.2, -0.15) is 0 Å². The number of hydrogen-bond acceptors (Lipinski definition) is 3. The van der Waals surface area contributed by atoms with E-state index in [1.165, 1.54) is 16.0 Å². The van der Waals surface area contributed by atoms with Crippen molar-refractivity contribution in [2.75, 3.05) is 13.6 Å². The Balaban J connectivity index is 1.71. The summed E-state index contributed by atoms with van der Waals surface area (Å²) in [6.07, 6.45) is 5.47. The number of carbonyl (C=O) groups is 2. The summed E-state index contributed by atoms with van der Waals surface area (Å²) in [4.78, 5) is 27.9. The molecule has 0 aromatic heterocycles. The third-order valence-corrected chi connectivity index (χ3v) is 6.32. The van der Waals surface area contributed by atoms with Gasteiger partial charge in [0.1, 0.15) is 0 Å². The van der Waals surface area contributed by atoms with E-state index in [1.54, 1.807) is 6.07 Å². The van der Waals surface area contributed by atoms with Crippen molar-refractivity contribution < 1.29 is 9.59 Å². The van der Waals surface area contributed by atoms with Gasteiger partial charge in [-0.05, 0) is 42.8 Å². The van der Waals surface area contributed by atoms with Crippen LogP contribution in [0.5, 0.6) is 0 Å². The molecule has 0 radical (unpaired) electrons. The highest BCUT2D eigenvalue weighted by Crippen LogP contribution is 2.42. The normalized spacial score (nSPS) is 26.1. The van der Waals surface area contributed by atoms with E-state index in [0.717, 1.165) is 30.8 Å². The van der Waals surface area contributed by atoms with E-state index in [4.69, 9.17) is 23.2 Å². The van der Waals surface area contributed by atoms with Crippen molar-refractivity contribution in [1.82, 2.24) is 9.80 Å². The fourth-order valence-corrected chi connectivity index (χ4v) is 5.03. The highest BCUT2D eigenvalue weighted by molar-refractivity contribution is 6.35. The van der Waals surface area contributed by atoms with Gasteiger partial charge < -0.3 is 4.90 Å². The van der Waals surface area contributed by atoms with Crippen LogP contribution in [0.2, 0.25) is 10.0 Å². The van der Waals surface area contributed by atoms with E-state index >= 15 is 0 Å². The number of likely N-dealkylation sites (tertiary alicyclic amines) is 1. The lowest BCUT2D eigenvalue weighted by atomic mass is 9.78. The van der Waals surface area contributed by atoms with Gasteiger partial charge in [-0.15, -0.1) is 0 Å². The standard InChI is InChI=1S/C21H22Cl2N2O2/c1-12-7-13(3-4-19(12)25-20(26)5-6-21(25)27)16-10-24(2)11-17-15(16)8-14(22)9-18(17)23/h3-4,8-9,12,16H,5-7,10-11H2,1-2H3/t12?,16-/m0/s1. The van der Waals surface area contributed by atoms with E-state index in [-0.39, 0.29) is 23.7 Å². The zero-order chi connectivity index (χ0) is 19.3. The molecule has 1 aromatic carbocycles. The molecule has 2 aliphatic heterocycles. The molecule has 2 heterocycles. The number of halogens is 2. The van der Waals surface area contributed by atoms with Crippen molar-refractivity contribution in [2.24, 2.45) is 5.92 Å². The molecule has 142 valence electrons. The van der Waals surface area contributed by atoms with Crippen LogP contribution >= 0.6 is 23.2 Å². The lowest BCUT2D eigenvalue weighted by molar-refractivity contribution is -0.136. The Bertz CT molecular complexity index is 874. The number of imide groups is 1. The van der Waals surface area contributed by atoms with Crippen LogP contribution in [0.15, 0.2) is 35.6 Å². The van der Waals surface area contributed by atoms with Gasteiger partial charge in [0, 0.05) is 53.5 Å². The summed E-state index contributed by atoms with van der Waals surface area (Å²) in [6, 6.07) is 3.83. The number of rotatable bonds is 2. The molecule has 1 saturated heterocycles. The first-order valence-corrected chi connectivity index (χ1v) is 10.0. The Hall–Kier alpha value is -1.62. The molecule has 6 heteroatoms. The molecular weight excluding hydrogens is 383 g/mol. The maximum atomic E-state index is 12.1. The molecule has 0 N–H and O–H groups in total. The molecule has 2 atom stereocenters. The van der Waals surface area contributed by atoms with Gasteiger partial charge in [-0.3, -0.25) is 14.5 Å². The molecule has 0 saturated carbocycles. The summed E-state index contributed by atoms with van der Waals surface area (Å²) < 4.78 is 0. The molecule has 4 nitrogen and oxygen atoms in total. The lowest BCUT2D eigenvalue weighted by Crippen LogP contribution is -2.35. The number of nitrogens with zero attached hydrogens (tertiary/aromatic N) is 2. The summed E-state index contributed by atoms with van der Waals surface area (Å²) in [5.41, 5.74) is 4.43. The number of allylic oxidation sites excluding steroid dienone is 3. The topological polar surface area (TPSA) is 40.6 Å². The molecule has 0 bridgehead atoms. The van der Waals surface area contributed by atoms with Gasteiger partial charge in [-0.25, -0.2) is 0 Å². The first-order chi connectivity index (χ1) is 12.8. The zero-order valence-electron chi connectivity index (χ0n) is 15.5. The first-order valence-electron chi connectivity index (χ1n) is 9.28. The van der Waals surface area contributed by atoms with Crippen LogP contribution in [0.1, 0.15) is 43.2 Å². The molecule has 1 aromatic rings. The highest BCUT2D eigenvalue weighted by Gasteiger charge is 2.36. The van der Waals surface area contributed by atoms with E-state index in [1.807, 2.05) is 12.1 Å². The number of amides is 2. The minimum absolute atomic E-state index is 0.0868. The third-order valence-electron chi connectivity index (χ3n) is 5.76. The van der Waals surface area contributed by atoms with Crippen molar-refractivity contribution in [1.29, 1.82) is 0 Å². The smallest absolute Gasteiger partial charge is 0.234 e. The fourth-order valence-electron chi connectivity index (χ4n) is 4.46. The van der Waals surface area contributed by atoms with Gasteiger partial charge in [0.2, 0.25) is 11.8 Å². The van der Waals surface area contributed by atoms with Crippen LogP contribution in [0.25, 0.3) is 0 Å². The van der Waals surface area contributed by atoms with Crippen LogP contribution in [0, 0.1) is 5.92 Å². The minimum Gasteiger partial charge on any atom is -0.301 e. The molecule has 0 spiro atoms. The fraction of sp³-hybridized carbons (Fsp3) is 0.429. The Morgan fingerprint density at radius 3 is 2.44 bits per heavy atom. The van der Waals surface area contributed by atoms with E-state index in [2.05, 4.69) is 24.9 Å². The minimum atomic E-state index is -0.0868. The van der Waals surface area contributed by atoms with Crippen molar-refractivity contribution in [2.45, 2.75) is 38.6 Å². The number of carbonyl (C=O) groups excluding carboxylic acids is 2.